The van der Waals surface area contributed by atoms with Crippen molar-refractivity contribution in [3.63, 3.8) is 0 Å². The number of methoxy groups -OCH3 is 2. The summed E-state index contributed by atoms with van der Waals surface area (Å²) in [4.78, 5) is 46.7. The van der Waals surface area contributed by atoms with Crippen LogP contribution in [0.5, 0.6) is 0 Å². The van der Waals surface area contributed by atoms with Crippen LogP contribution in [0.15, 0.2) is 0 Å². The van der Waals surface area contributed by atoms with E-state index in [4.69, 9.17) is 0 Å². The molecule has 1 spiro atoms. The number of carbonyl (C=O) groups is 4. The zero-order valence-electron chi connectivity index (χ0n) is 15.5. The fourth-order valence-corrected chi connectivity index (χ4v) is 4.32. The van der Waals surface area contributed by atoms with Crippen LogP contribution in [0.25, 0.3) is 0 Å². The number of unbranched alkanes of at least 4 members (excludes halogenated alkanes) is 1. The number of carbonyl (C=O) groups excluding carboxylic acids is 4. The number of imide groups is 1. The van der Waals surface area contributed by atoms with Crippen molar-refractivity contribution in [2.45, 2.75) is 63.3 Å². The maximum Gasteiger partial charge on any atom is 0.322 e. The van der Waals surface area contributed by atoms with Gasteiger partial charge in [0, 0.05) is 12.8 Å². The highest BCUT2D eigenvalue weighted by Crippen LogP contribution is 2.46. The van der Waals surface area contributed by atoms with Crippen molar-refractivity contribution in [1.82, 2.24) is 10.6 Å². The summed E-state index contributed by atoms with van der Waals surface area (Å²) < 4.78 is 9.32. The molecule has 0 aromatic heterocycles. The van der Waals surface area contributed by atoms with E-state index >= 15 is 0 Å². The van der Waals surface area contributed by atoms with E-state index in [2.05, 4.69) is 20.1 Å². The zero-order chi connectivity index (χ0) is 19.2. The number of hydrogen-bond donors (Lipinski definition) is 2. The Balaban J connectivity index is 1.98. The highest BCUT2D eigenvalue weighted by molar-refractivity contribution is 6.07. The molecule has 3 amide bonds. The Morgan fingerprint density at radius 3 is 2.27 bits per heavy atom. The molecule has 2 aliphatic rings. The maximum absolute atomic E-state index is 12.4. The number of esters is 2. The summed E-state index contributed by atoms with van der Waals surface area (Å²) in [6.45, 7) is 0. The van der Waals surface area contributed by atoms with Gasteiger partial charge >= 0.3 is 18.0 Å². The predicted molar refractivity (Wildman–Crippen MR) is 92.0 cm³/mol. The molecule has 3 unspecified atom stereocenters. The van der Waals surface area contributed by atoms with Crippen LogP contribution in [-0.2, 0) is 23.9 Å². The van der Waals surface area contributed by atoms with E-state index in [9.17, 15) is 19.2 Å². The van der Waals surface area contributed by atoms with Crippen LogP contribution >= 0.6 is 0 Å². The first-order chi connectivity index (χ1) is 12.4. The summed E-state index contributed by atoms with van der Waals surface area (Å²) in [6, 6.07) is -0.440. The van der Waals surface area contributed by atoms with Gasteiger partial charge in [-0.25, -0.2) is 4.79 Å². The van der Waals surface area contributed by atoms with E-state index in [1.807, 2.05) is 0 Å². The van der Waals surface area contributed by atoms with Gasteiger partial charge < -0.3 is 14.8 Å². The first kappa shape index (κ1) is 20.2. The van der Waals surface area contributed by atoms with Crippen LogP contribution in [0.4, 0.5) is 4.79 Å². The fraction of sp³-hybridized carbons (Fsp3) is 0.778. The second-order valence-corrected chi connectivity index (χ2v) is 7.08. The van der Waals surface area contributed by atoms with E-state index in [0.29, 0.717) is 32.1 Å². The molecule has 26 heavy (non-hydrogen) atoms. The number of urea groups is 1. The summed E-state index contributed by atoms with van der Waals surface area (Å²) in [5.74, 6) is -0.478. The molecule has 1 saturated heterocycles. The van der Waals surface area contributed by atoms with E-state index in [1.165, 1.54) is 14.2 Å². The molecule has 8 nitrogen and oxygen atoms in total. The molecular weight excluding hydrogens is 340 g/mol. The van der Waals surface area contributed by atoms with Gasteiger partial charge in [0.25, 0.3) is 5.91 Å². The molecule has 8 heteroatoms. The van der Waals surface area contributed by atoms with Crippen molar-refractivity contribution in [2.24, 2.45) is 11.8 Å². The quantitative estimate of drug-likeness (QED) is 0.364. The second-order valence-electron chi connectivity index (χ2n) is 7.08. The molecule has 0 bridgehead atoms. The lowest BCUT2D eigenvalue weighted by Gasteiger charge is -2.31. The molecule has 1 aliphatic carbocycles. The first-order valence-electron chi connectivity index (χ1n) is 9.20. The minimum atomic E-state index is -0.849. The molecule has 1 heterocycles. The van der Waals surface area contributed by atoms with Gasteiger partial charge in [-0.1, -0.05) is 6.42 Å². The van der Waals surface area contributed by atoms with Gasteiger partial charge in [0.15, 0.2) is 0 Å². The SMILES string of the molecule is COC(=O)CCCCC1C(CCCC(=O)OC)CCC12NC(=O)NC2=O. The lowest BCUT2D eigenvalue weighted by atomic mass is 9.77. The van der Waals surface area contributed by atoms with Crippen LogP contribution in [0, 0.1) is 11.8 Å². The minimum absolute atomic E-state index is 0.00393. The predicted octanol–water partition coefficient (Wildman–Crippen LogP) is 1.67. The van der Waals surface area contributed by atoms with E-state index < -0.39 is 11.6 Å². The maximum atomic E-state index is 12.4. The first-order valence-corrected chi connectivity index (χ1v) is 9.20. The van der Waals surface area contributed by atoms with Crippen molar-refractivity contribution < 1.29 is 28.7 Å². The van der Waals surface area contributed by atoms with Crippen LogP contribution < -0.4 is 10.6 Å². The fourth-order valence-electron chi connectivity index (χ4n) is 4.32. The normalized spacial score (nSPS) is 27.3. The standard InChI is InChI=1S/C18H28N2O6/c1-25-14(21)8-4-3-7-13-12(6-5-9-15(22)26-2)10-11-18(13)16(23)19-17(24)20-18/h12-13H,3-11H2,1-2H3,(H2,19,20,23,24). The third-order valence-electron chi connectivity index (χ3n) is 5.64. The molecule has 0 aromatic rings. The average molecular weight is 368 g/mol. The number of amides is 3. The van der Waals surface area contributed by atoms with Gasteiger partial charge in [0.2, 0.25) is 0 Å². The van der Waals surface area contributed by atoms with Crippen molar-refractivity contribution in [3.05, 3.63) is 0 Å². The number of hydrogen-bond acceptors (Lipinski definition) is 6. The molecular formula is C18H28N2O6. The molecule has 0 aromatic carbocycles. The number of nitrogens with one attached hydrogen (secondary N) is 2. The average Bonchev–Trinajstić information content (AvgIpc) is 3.11. The highest BCUT2D eigenvalue weighted by Gasteiger charge is 2.57. The van der Waals surface area contributed by atoms with Gasteiger partial charge in [-0.15, -0.1) is 0 Å². The minimum Gasteiger partial charge on any atom is -0.469 e. The van der Waals surface area contributed by atoms with Crippen LogP contribution in [0.2, 0.25) is 0 Å². The lowest BCUT2D eigenvalue weighted by Crippen LogP contribution is -2.51. The zero-order valence-corrected chi connectivity index (χ0v) is 15.5. The van der Waals surface area contributed by atoms with Crippen molar-refractivity contribution >= 4 is 23.9 Å². The largest absolute Gasteiger partial charge is 0.469 e. The van der Waals surface area contributed by atoms with Crippen LogP contribution in [0.3, 0.4) is 0 Å². The molecule has 2 fully saturated rings. The Labute approximate surface area is 153 Å². The topological polar surface area (TPSA) is 111 Å². The number of rotatable bonds is 9. The molecule has 146 valence electrons. The Hall–Kier alpha value is -2.12. The van der Waals surface area contributed by atoms with Crippen LogP contribution in [-0.4, -0.2) is 43.6 Å². The van der Waals surface area contributed by atoms with Gasteiger partial charge in [0.05, 0.1) is 14.2 Å². The third-order valence-corrected chi connectivity index (χ3v) is 5.64. The van der Waals surface area contributed by atoms with Crippen molar-refractivity contribution in [1.29, 1.82) is 0 Å². The Kier molecular flexibility index (Phi) is 6.99. The molecule has 2 rings (SSSR count). The second kappa shape index (κ2) is 9.00. The number of ether oxygens (including phenoxy) is 2. The van der Waals surface area contributed by atoms with Crippen molar-refractivity contribution in [2.75, 3.05) is 14.2 Å². The van der Waals surface area contributed by atoms with E-state index in [1.54, 1.807) is 0 Å². The monoisotopic (exact) mass is 368 g/mol. The van der Waals surface area contributed by atoms with E-state index in [0.717, 1.165) is 25.7 Å². The van der Waals surface area contributed by atoms with Crippen LogP contribution in [0.1, 0.15) is 57.8 Å². The Morgan fingerprint density at radius 2 is 1.69 bits per heavy atom. The molecule has 1 saturated carbocycles. The summed E-state index contributed by atoms with van der Waals surface area (Å²) in [5.41, 5.74) is -0.849. The van der Waals surface area contributed by atoms with E-state index in [-0.39, 0.29) is 29.7 Å². The molecule has 1 aliphatic heterocycles. The van der Waals surface area contributed by atoms with Gasteiger partial charge in [-0.3, -0.25) is 19.7 Å². The smallest absolute Gasteiger partial charge is 0.322 e. The van der Waals surface area contributed by atoms with Crippen molar-refractivity contribution in [3.8, 4) is 0 Å². The molecule has 2 N–H and O–H groups in total. The van der Waals surface area contributed by atoms with Gasteiger partial charge in [-0.05, 0) is 50.4 Å². The highest BCUT2D eigenvalue weighted by atomic mass is 16.5. The lowest BCUT2D eigenvalue weighted by molar-refractivity contribution is -0.141. The summed E-state index contributed by atoms with van der Waals surface area (Å²) in [5, 5.41) is 5.21. The van der Waals surface area contributed by atoms with Gasteiger partial charge in [0.1, 0.15) is 5.54 Å². The molecule has 0 radical (unpaired) electrons. The van der Waals surface area contributed by atoms with Gasteiger partial charge in [-0.2, -0.15) is 0 Å². The summed E-state index contributed by atoms with van der Waals surface area (Å²) in [7, 11) is 2.74. The summed E-state index contributed by atoms with van der Waals surface area (Å²) in [6.07, 6.45) is 5.85. The molecule has 3 atom stereocenters. The third kappa shape index (κ3) is 4.53. The summed E-state index contributed by atoms with van der Waals surface area (Å²) >= 11 is 0. The Bertz CT molecular complexity index is 564. The Morgan fingerprint density at radius 1 is 1.04 bits per heavy atom.